The molecule has 1 unspecified atom stereocenters. The van der Waals surface area contributed by atoms with E-state index in [-0.39, 0.29) is 17.5 Å². The van der Waals surface area contributed by atoms with E-state index in [2.05, 4.69) is 6.92 Å². The molecular formula is C13H17FO. The second kappa shape index (κ2) is 5.06. The highest BCUT2D eigenvalue weighted by Gasteiger charge is 2.16. The van der Waals surface area contributed by atoms with Gasteiger partial charge in [0.1, 0.15) is 5.82 Å². The van der Waals surface area contributed by atoms with Gasteiger partial charge in [-0.05, 0) is 37.1 Å². The van der Waals surface area contributed by atoms with Gasteiger partial charge in [-0.2, -0.15) is 0 Å². The summed E-state index contributed by atoms with van der Waals surface area (Å²) in [6.07, 6.45) is 1.88. The first kappa shape index (κ1) is 11.9. The van der Waals surface area contributed by atoms with Crippen LogP contribution < -0.4 is 0 Å². The van der Waals surface area contributed by atoms with Crippen molar-refractivity contribution in [1.82, 2.24) is 0 Å². The fourth-order valence-corrected chi connectivity index (χ4v) is 1.73. The summed E-state index contributed by atoms with van der Waals surface area (Å²) in [7, 11) is 0. The van der Waals surface area contributed by atoms with Crippen LogP contribution in [-0.4, -0.2) is 5.78 Å². The number of rotatable bonds is 4. The predicted octanol–water partition coefficient (Wildman–Crippen LogP) is 3.75. The smallest absolute Gasteiger partial charge is 0.165 e. The van der Waals surface area contributed by atoms with Crippen LogP contribution in [0.25, 0.3) is 0 Å². The molecule has 0 saturated heterocycles. The quantitative estimate of drug-likeness (QED) is 0.689. The fraction of sp³-hybridized carbons (Fsp3) is 0.462. The molecule has 1 atom stereocenters. The van der Waals surface area contributed by atoms with Gasteiger partial charge in [0.25, 0.3) is 0 Å². The van der Waals surface area contributed by atoms with E-state index in [1.165, 1.54) is 12.1 Å². The molecule has 0 spiro atoms. The van der Waals surface area contributed by atoms with Gasteiger partial charge < -0.3 is 0 Å². The minimum absolute atomic E-state index is 0.0270. The first-order valence-electron chi connectivity index (χ1n) is 5.36. The number of aryl methyl sites for hydroxylation is 1. The minimum atomic E-state index is -0.285. The third kappa shape index (κ3) is 2.88. The third-order valence-corrected chi connectivity index (χ3v) is 2.62. The second-order valence-electron chi connectivity index (χ2n) is 4.01. The monoisotopic (exact) mass is 208 g/mol. The van der Waals surface area contributed by atoms with Crippen LogP contribution in [0.5, 0.6) is 0 Å². The summed E-state index contributed by atoms with van der Waals surface area (Å²) >= 11 is 0. The zero-order valence-electron chi connectivity index (χ0n) is 9.51. The molecule has 0 bridgehead atoms. The molecule has 0 aliphatic carbocycles. The van der Waals surface area contributed by atoms with Crippen LogP contribution in [0.1, 0.15) is 42.6 Å². The van der Waals surface area contributed by atoms with E-state index in [1.807, 2.05) is 6.92 Å². The van der Waals surface area contributed by atoms with E-state index in [0.717, 1.165) is 18.4 Å². The highest BCUT2D eigenvalue weighted by atomic mass is 19.1. The molecule has 0 aliphatic rings. The van der Waals surface area contributed by atoms with Gasteiger partial charge in [0.05, 0.1) is 0 Å². The number of Topliss-reactive ketones (excluding diaryl/α,β-unsaturated/α-hetero) is 1. The summed E-state index contributed by atoms with van der Waals surface area (Å²) in [5.74, 6) is -0.138. The second-order valence-corrected chi connectivity index (χ2v) is 4.01. The van der Waals surface area contributed by atoms with Crippen LogP contribution >= 0.6 is 0 Å². The van der Waals surface area contributed by atoms with E-state index < -0.39 is 0 Å². The van der Waals surface area contributed by atoms with Crippen LogP contribution in [0.15, 0.2) is 18.2 Å². The molecular weight excluding hydrogens is 191 g/mol. The summed E-state index contributed by atoms with van der Waals surface area (Å²) in [6.45, 7) is 5.75. The molecule has 0 saturated carbocycles. The average Bonchev–Trinajstić information content (AvgIpc) is 2.17. The number of carbonyl (C=O) groups excluding carboxylic acids is 1. The summed E-state index contributed by atoms with van der Waals surface area (Å²) < 4.78 is 12.8. The van der Waals surface area contributed by atoms with Crippen LogP contribution in [0.2, 0.25) is 0 Å². The van der Waals surface area contributed by atoms with Crippen LogP contribution in [0, 0.1) is 18.7 Å². The topological polar surface area (TPSA) is 17.1 Å². The van der Waals surface area contributed by atoms with Gasteiger partial charge in [-0.1, -0.05) is 20.3 Å². The molecule has 1 rings (SSSR count). The van der Waals surface area contributed by atoms with Crippen molar-refractivity contribution in [2.45, 2.75) is 33.6 Å². The summed E-state index contributed by atoms with van der Waals surface area (Å²) in [5, 5.41) is 0. The molecule has 82 valence electrons. The lowest BCUT2D eigenvalue weighted by Gasteiger charge is -2.11. The van der Waals surface area contributed by atoms with Crippen molar-refractivity contribution in [2.75, 3.05) is 0 Å². The Morgan fingerprint density at radius 2 is 2.13 bits per heavy atom. The van der Waals surface area contributed by atoms with E-state index in [4.69, 9.17) is 0 Å². The number of hydrogen-bond acceptors (Lipinski definition) is 1. The SMILES string of the molecule is CCCC(C)C(=O)c1ccc(F)cc1C. The van der Waals surface area contributed by atoms with Crippen LogP contribution in [-0.2, 0) is 0 Å². The van der Waals surface area contributed by atoms with Crippen molar-refractivity contribution in [3.8, 4) is 0 Å². The van der Waals surface area contributed by atoms with Crippen molar-refractivity contribution in [3.63, 3.8) is 0 Å². The van der Waals surface area contributed by atoms with E-state index in [0.29, 0.717) is 5.56 Å². The molecule has 1 nitrogen and oxygen atoms in total. The van der Waals surface area contributed by atoms with Crippen molar-refractivity contribution in [2.24, 2.45) is 5.92 Å². The Kier molecular flexibility index (Phi) is 4.01. The number of carbonyl (C=O) groups is 1. The fourth-order valence-electron chi connectivity index (χ4n) is 1.73. The molecule has 0 N–H and O–H groups in total. The van der Waals surface area contributed by atoms with Crippen molar-refractivity contribution >= 4 is 5.78 Å². The standard InChI is InChI=1S/C13H17FO/c1-4-5-9(2)13(15)12-7-6-11(14)8-10(12)3/h6-9H,4-5H2,1-3H3. The number of benzene rings is 1. The van der Waals surface area contributed by atoms with E-state index in [1.54, 1.807) is 13.0 Å². The lowest BCUT2D eigenvalue weighted by Crippen LogP contribution is -2.12. The molecule has 2 heteroatoms. The van der Waals surface area contributed by atoms with Gasteiger partial charge in [0, 0.05) is 11.5 Å². The van der Waals surface area contributed by atoms with Gasteiger partial charge >= 0.3 is 0 Å². The summed E-state index contributed by atoms with van der Waals surface area (Å²) in [4.78, 5) is 11.9. The van der Waals surface area contributed by atoms with Gasteiger partial charge in [-0.25, -0.2) is 4.39 Å². The molecule has 1 aromatic carbocycles. The van der Waals surface area contributed by atoms with Crippen LogP contribution in [0.4, 0.5) is 4.39 Å². The van der Waals surface area contributed by atoms with Gasteiger partial charge in [0.15, 0.2) is 5.78 Å². The lowest BCUT2D eigenvalue weighted by molar-refractivity contribution is 0.0923. The molecule has 0 fully saturated rings. The molecule has 0 aliphatic heterocycles. The summed E-state index contributed by atoms with van der Waals surface area (Å²) in [6, 6.07) is 4.34. The average molecular weight is 208 g/mol. The maximum absolute atomic E-state index is 12.8. The normalized spacial score (nSPS) is 12.5. The zero-order chi connectivity index (χ0) is 11.4. The molecule has 0 amide bonds. The highest BCUT2D eigenvalue weighted by molar-refractivity contribution is 5.98. The number of ketones is 1. The maximum atomic E-state index is 12.8. The third-order valence-electron chi connectivity index (χ3n) is 2.62. The van der Waals surface area contributed by atoms with Gasteiger partial charge in [0.2, 0.25) is 0 Å². The van der Waals surface area contributed by atoms with Crippen molar-refractivity contribution in [3.05, 3.63) is 35.1 Å². The van der Waals surface area contributed by atoms with E-state index >= 15 is 0 Å². The summed E-state index contributed by atoms with van der Waals surface area (Å²) in [5.41, 5.74) is 1.38. The van der Waals surface area contributed by atoms with Crippen molar-refractivity contribution < 1.29 is 9.18 Å². The molecule has 0 aromatic heterocycles. The Morgan fingerprint density at radius 3 is 2.67 bits per heavy atom. The first-order valence-corrected chi connectivity index (χ1v) is 5.36. The zero-order valence-corrected chi connectivity index (χ0v) is 9.51. The Labute approximate surface area is 90.3 Å². The van der Waals surface area contributed by atoms with Crippen molar-refractivity contribution in [1.29, 1.82) is 0 Å². The molecule has 0 heterocycles. The molecule has 0 radical (unpaired) electrons. The molecule has 15 heavy (non-hydrogen) atoms. The highest BCUT2D eigenvalue weighted by Crippen LogP contribution is 2.17. The Bertz CT molecular complexity index is 358. The Balaban J connectivity index is 2.91. The minimum Gasteiger partial charge on any atom is -0.294 e. The Hall–Kier alpha value is -1.18. The van der Waals surface area contributed by atoms with Gasteiger partial charge in [-0.15, -0.1) is 0 Å². The van der Waals surface area contributed by atoms with Crippen LogP contribution in [0.3, 0.4) is 0 Å². The lowest BCUT2D eigenvalue weighted by atomic mass is 9.93. The number of halogens is 1. The Morgan fingerprint density at radius 1 is 1.47 bits per heavy atom. The van der Waals surface area contributed by atoms with E-state index in [9.17, 15) is 9.18 Å². The molecule has 1 aromatic rings. The largest absolute Gasteiger partial charge is 0.294 e. The number of hydrogen-bond donors (Lipinski definition) is 0. The predicted molar refractivity (Wildman–Crippen MR) is 59.5 cm³/mol. The maximum Gasteiger partial charge on any atom is 0.165 e. The van der Waals surface area contributed by atoms with Gasteiger partial charge in [-0.3, -0.25) is 4.79 Å². The first-order chi connectivity index (χ1) is 7.06.